The molecular weight excluding hydrogens is 416 g/mol. The smallest absolute Gasteiger partial charge is 0.254 e. The first-order valence-electron chi connectivity index (χ1n) is 12.0. The predicted molar refractivity (Wildman–Crippen MR) is 130 cm³/mol. The fourth-order valence-electron chi connectivity index (χ4n) is 5.20. The highest BCUT2D eigenvalue weighted by molar-refractivity contribution is 7.19. The highest BCUT2D eigenvalue weighted by atomic mass is 32.1. The van der Waals surface area contributed by atoms with Gasteiger partial charge in [0, 0.05) is 42.5 Å². The molecule has 3 aliphatic rings. The average Bonchev–Trinajstić information content (AvgIpc) is 3.59. The van der Waals surface area contributed by atoms with Gasteiger partial charge in [-0.2, -0.15) is 0 Å². The van der Waals surface area contributed by atoms with Gasteiger partial charge < -0.3 is 9.80 Å². The molecule has 1 atom stereocenters. The lowest BCUT2D eigenvalue weighted by atomic mass is 9.89. The first-order chi connectivity index (χ1) is 15.6. The summed E-state index contributed by atoms with van der Waals surface area (Å²) in [5, 5.41) is 1.31. The Hall–Kier alpha value is -2.47. The maximum Gasteiger partial charge on any atom is 0.254 e. The normalized spacial score (nSPS) is 21.1. The van der Waals surface area contributed by atoms with Crippen LogP contribution in [-0.2, 0) is 12.8 Å². The Bertz CT molecular complexity index is 1190. The van der Waals surface area contributed by atoms with E-state index in [1.165, 1.54) is 46.3 Å². The Balaban J connectivity index is 1.30. The first-order valence-corrected chi connectivity index (χ1v) is 12.8. The van der Waals surface area contributed by atoms with E-state index in [1.54, 1.807) is 0 Å². The number of amides is 1. The lowest BCUT2D eigenvalue weighted by Crippen LogP contribution is -2.49. The second kappa shape index (κ2) is 7.84. The lowest BCUT2D eigenvalue weighted by molar-refractivity contribution is 0.0746. The predicted octanol–water partition coefficient (Wildman–Crippen LogP) is 4.96. The van der Waals surface area contributed by atoms with Crippen LogP contribution in [0.1, 0.15) is 64.3 Å². The maximum absolute atomic E-state index is 13.1. The van der Waals surface area contributed by atoms with Crippen molar-refractivity contribution in [2.24, 2.45) is 5.92 Å². The van der Waals surface area contributed by atoms with E-state index in [0.29, 0.717) is 5.92 Å². The van der Waals surface area contributed by atoms with Crippen LogP contribution in [0.4, 0.5) is 5.82 Å². The Morgan fingerprint density at radius 2 is 1.84 bits per heavy atom. The second-order valence-electron chi connectivity index (χ2n) is 9.81. The van der Waals surface area contributed by atoms with E-state index in [4.69, 9.17) is 9.97 Å². The lowest BCUT2D eigenvalue weighted by Gasteiger charge is -2.36. The van der Waals surface area contributed by atoms with E-state index >= 15 is 0 Å². The van der Waals surface area contributed by atoms with E-state index in [9.17, 15) is 4.79 Å². The van der Waals surface area contributed by atoms with Crippen molar-refractivity contribution in [1.82, 2.24) is 14.9 Å². The van der Waals surface area contributed by atoms with Crippen molar-refractivity contribution in [3.05, 3.63) is 51.7 Å². The molecule has 166 valence electrons. The molecule has 1 saturated heterocycles. The minimum absolute atomic E-state index is 0.149. The number of rotatable bonds is 3. The molecule has 2 aromatic heterocycles. The first kappa shape index (κ1) is 20.2. The summed E-state index contributed by atoms with van der Waals surface area (Å²) in [6.45, 7) is 7.51. The Labute approximate surface area is 193 Å². The van der Waals surface area contributed by atoms with Gasteiger partial charge in [-0.25, -0.2) is 9.97 Å². The van der Waals surface area contributed by atoms with E-state index in [0.717, 1.165) is 61.3 Å². The molecule has 0 N–H and O–H groups in total. The molecule has 1 saturated carbocycles. The molecule has 1 aromatic carbocycles. The van der Waals surface area contributed by atoms with Gasteiger partial charge in [-0.15, -0.1) is 11.3 Å². The second-order valence-corrected chi connectivity index (χ2v) is 10.9. The van der Waals surface area contributed by atoms with Crippen LogP contribution in [0, 0.1) is 12.8 Å². The molecule has 6 rings (SSSR count). The van der Waals surface area contributed by atoms with E-state index in [2.05, 4.69) is 11.8 Å². The summed E-state index contributed by atoms with van der Waals surface area (Å²) in [6.07, 6.45) is 5.99. The summed E-state index contributed by atoms with van der Waals surface area (Å²) < 4.78 is 0. The molecule has 3 aromatic rings. The number of aromatic nitrogens is 2. The van der Waals surface area contributed by atoms with Gasteiger partial charge >= 0.3 is 0 Å². The van der Waals surface area contributed by atoms with Gasteiger partial charge in [0.2, 0.25) is 0 Å². The fraction of sp³-hybridized carbons (Fsp3) is 0.500. The monoisotopic (exact) mass is 446 g/mol. The SMILES string of the molecule is Cc1ccccc1C(=O)N1CCN(c2nc(C3CC3)nc3sc4c(c23)CCC(C)C4)CC1. The van der Waals surface area contributed by atoms with Gasteiger partial charge in [0.05, 0.1) is 5.39 Å². The zero-order chi connectivity index (χ0) is 21.8. The quantitative estimate of drug-likeness (QED) is 0.570. The van der Waals surface area contributed by atoms with Crippen LogP contribution in [0.15, 0.2) is 24.3 Å². The molecular formula is C26H30N4OS. The summed E-state index contributed by atoms with van der Waals surface area (Å²) in [6, 6.07) is 7.90. The Morgan fingerprint density at radius 1 is 1.06 bits per heavy atom. The number of benzene rings is 1. The topological polar surface area (TPSA) is 49.3 Å². The van der Waals surface area contributed by atoms with Crippen LogP contribution >= 0.6 is 11.3 Å². The number of piperazine rings is 1. The van der Waals surface area contributed by atoms with Crippen molar-refractivity contribution >= 4 is 33.3 Å². The van der Waals surface area contributed by atoms with Crippen LogP contribution in [0.25, 0.3) is 10.2 Å². The third-order valence-corrected chi connectivity index (χ3v) is 8.49. The summed E-state index contributed by atoms with van der Waals surface area (Å²) in [5.41, 5.74) is 3.37. The highest BCUT2D eigenvalue weighted by Crippen LogP contribution is 2.44. The number of carbonyl (C=O) groups is 1. The summed E-state index contributed by atoms with van der Waals surface area (Å²) in [7, 11) is 0. The number of carbonyl (C=O) groups excluding carboxylic acids is 1. The molecule has 6 heteroatoms. The van der Waals surface area contributed by atoms with Crippen molar-refractivity contribution in [3.8, 4) is 0 Å². The van der Waals surface area contributed by atoms with Crippen LogP contribution in [0.3, 0.4) is 0 Å². The number of thiophene rings is 1. The molecule has 2 fully saturated rings. The van der Waals surface area contributed by atoms with Crippen LogP contribution in [0.2, 0.25) is 0 Å². The number of hydrogen-bond acceptors (Lipinski definition) is 5. The molecule has 1 unspecified atom stereocenters. The molecule has 0 bridgehead atoms. The number of aryl methyl sites for hydroxylation is 2. The van der Waals surface area contributed by atoms with Gasteiger partial charge in [-0.3, -0.25) is 4.79 Å². The maximum atomic E-state index is 13.1. The molecule has 5 nitrogen and oxygen atoms in total. The van der Waals surface area contributed by atoms with E-state index in [1.807, 2.05) is 47.4 Å². The van der Waals surface area contributed by atoms with Gasteiger partial charge in [0.1, 0.15) is 16.5 Å². The minimum Gasteiger partial charge on any atom is -0.352 e. The van der Waals surface area contributed by atoms with Crippen molar-refractivity contribution in [2.45, 2.75) is 51.9 Å². The zero-order valence-corrected chi connectivity index (χ0v) is 19.7. The standard InChI is InChI=1S/C26H30N4OS/c1-16-7-10-20-21(15-16)32-25-22(20)24(27-23(28-25)18-8-9-18)29-11-13-30(14-12-29)26(31)19-6-4-3-5-17(19)2/h3-6,16,18H,7-15H2,1-2H3. The highest BCUT2D eigenvalue weighted by Gasteiger charge is 2.32. The van der Waals surface area contributed by atoms with Gasteiger partial charge in [-0.1, -0.05) is 25.1 Å². The molecule has 0 radical (unpaired) electrons. The summed E-state index contributed by atoms with van der Waals surface area (Å²) in [4.78, 5) is 30.4. The van der Waals surface area contributed by atoms with E-state index < -0.39 is 0 Å². The van der Waals surface area contributed by atoms with Gasteiger partial charge in [0.15, 0.2) is 0 Å². The molecule has 3 heterocycles. The Morgan fingerprint density at radius 3 is 2.59 bits per heavy atom. The molecule has 1 aliphatic heterocycles. The number of fused-ring (bicyclic) bond motifs is 3. The summed E-state index contributed by atoms with van der Waals surface area (Å²) in [5.74, 6) is 3.62. The minimum atomic E-state index is 0.149. The number of nitrogens with zero attached hydrogens (tertiary/aromatic N) is 4. The van der Waals surface area contributed by atoms with Crippen LogP contribution in [0.5, 0.6) is 0 Å². The van der Waals surface area contributed by atoms with Crippen LogP contribution in [-0.4, -0.2) is 47.0 Å². The van der Waals surface area contributed by atoms with Crippen molar-refractivity contribution in [2.75, 3.05) is 31.1 Å². The van der Waals surface area contributed by atoms with Crippen molar-refractivity contribution in [1.29, 1.82) is 0 Å². The summed E-state index contributed by atoms with van der Waals surface area (Å²) >= 11 is 1.90. The molecule has 2 aliphatic carbocycles. The number of anilines is 1. The third kappa shape index (κ3) is 3.49. The number of hydrogen-bond donors (Lipinski definition) is 0. The zero-order valence-electron chi connectivity index (χ0n) is 18.9. The van der Waals surface area contributed by atoms with Crippen molar-refractivity contribution < 1.29 is 4.79 Å². The molecule has 32 heavy (non-hydrogen) atoms. The third-order valence-electron chi connectivity index (χ3n) is 7.34. The van der Waals surface area contributed by atoms with Crippen molar-refractivity contribution in [3.63, 3.8) is 0 Å². The average molecular weight is 447 g/mol. The van der Waals surface area contributed by atoms with Gasteiger partial charge in [0.25, 0.3) is 5.91 Å². The molecule has 0 spiro atoms. The fourth-order valence-corrected chi connectivity index (χ4v) is 6.58. The van der Waals surface area contributed by atoms with E-state index in [-0.39, 0.29) is 5.91 Å². The van der Waals surface area contributed by atoms with Crippen LogP contribution < -0.4 is 4.90 Å². The largest absolute Gasteiger partial charge is 0.352 e. The Kier molecular flexibility index (Phi) is 4.94. The van der Waals surface area contributed by atoms with Gasteiger partial charge in [-0.05, 0) is 62.1 Å². The molecule has 1 amide bonds.